The monoisotopic (exact) mass is 458 g/mol. The summed E-state index contributed by atoms with van der Waals surface area (Å²) in [4.78, 5) is 0. The number of methoxy groups -OCH3 is 1. The lowest BCUT2D eigenvalue weighted by Crippen LogP contribution is -2.32. The molecule has 3 aromatic rings. The second-order valence-corrected chi connectivity index (χ2v) is 10.8. The third-order valence-corrected chi connectivity index (χ3v) is 6.55. The van der Waals surface area contributed by atoms with Gasteiger partial charge in [-0.3, -0.25) is 0 Å². The van der Waals surface area contributed by atoms with Gasteiger partial charge in [0, 0.05) is 22.9 Å². The minimum Gasteiger partial charge on any atom is -0.496 e. The Bertz CT molecular complexity index is 1270. The molecule has 0 radical (unpaired) electrons. The highest BCUT2D eigenvalue weighted by Crippen LogP contribution is 2.45. The molecule has 0 bridgehead atoms. The van der Waals surface area contributed by atoms with Crippen molar-refractivity contribution in [2.75, 3.05) is 12.4 Å². The maximum Gasteiger partial charge on any atom is 0.129 e. The summed E-state index contributed by atoms with van der Waals surface area (Å²) in [7, 11) is 1.57. The summed E-state index contributed by atoms with van der Waals surface area (Å²) < 4.78 is 19.6. The minimum absolute atomic E-state index is 0.0102. The molecule has 1 unspecified atom stereocenters. The number of allylic oxidation sites excluding steroid dienone is 1. The number of rotatable bonds is 4. The van der Waals surface area contributed by atoms with Gasteiger partial charge in [0.2, 0.25) is 0 Å². The Hall–Kier alpha value is -3.11. The molecule has 178 valence electrons. The molecule has 0 fully saturated rings. The van der Waals surface area contributed by atoms with E-state index in [0.717, 1.165) is 33.5 Å². The van der Waals surface area contributed by atoms with Crippen LogP contribution in [0.5, 0.6) is 5.75 Å². The largest absolute Gasteiger partial charge is 0.496 e. The summed E-state index contributed by atoms with van der Waals surface area (Å²) in [5, 5.41) is 3.64. The number of nitrogens with one attached hydrogen (secondary N) is 1. The molecule has 3 aromatic carbocycles. The van der Waals surface area contributed by atoms with Crippen molar-refractivity contribution in [3.63, 3.8) is 0 Å². The Morgan fingerprint density at radius 1 is 1.00 bits per heavy atom. The van der Waals surface area contributed by atoms with Crippen molar-refractivity contribution >= 4 is 11.3 Å². The Labute approximate surface area is 202 Å². The maximum absolute atomic E-state index is 14.0. The number of hydrogen-bond acceptors (Lipinski definition) is 3. The van der Waals surface area contributed by atoms with Crippen LogP contribution in [0.3, 0.4) is 0 Å². The van der Waals surface area contributed by atoms with Crippen molar-refractivity contribution in [3.8, 4) is 16.9 Å². The van der Waals surface area contributed by atoms with Crippen LogP contribution in [0.4, 0.5) is 10.1 Å². The van der Waals surface area contributed by atoms with Crippen LogP contribution in [0.15, 0.2) is 60.7 Å². The Morgan fingerprint density at radius 2 is 1.71 bits per heavy atom. The van der Waals surface area contributed by atoms with E-state index in [1.165, 1.54) is 23.3 Å². The maximum atomic E-state index is 14.0. The van der Waals surface area contributed by atoms with Gasteiger partial charge in [-0.2, -0.15) is 0 Å². The van der Waals surface area contributed by atoms with Crippen LogP contribution in [0.25, 0.3) is 16.7 Å². The van der Waals surface area contributed by atoms with Gasteiger partial charge in [0.1, 0.15) is 11.6 Å². The molecule has 0 aliphatic carbocycles. The molecule has 1 aliphatic heterocycles. The van der Waals surface area contributed by atoms with E-state index in [9.17, 15) is 4.39 Å². The van der Waals surface area contributed by atoms with Crippen LogP contribution in [0, 0.1) is 5.82 Å². The standard InChI is InChI=1S/C30H35FN2O/c1-18-17-30(5,6)33-24-14-13-23(22-12-11-21(31)16-25(22)34-7)27(26(18)24)28(32)19-9-8-10-20(15-19)29(2,3)4/h8-17,28,33H,32H2,1-7H3. The molecule has 0 saturated heterocycles. The molecule has 3 N–H and O–H groups in total. The molecule has 0 saturated carbocycles. The summed E-state index contributed by atoms with van der Waals surface area (Å²) >= 11 is 0. The van der Waals surface area contributed by atoms with Gasteiger partial charge < -0.3 is 15.8 Å². The summed E-state index contributed by atoms with van der Waals surface area (Å²) in [5.74, 6) is 0.157. The van der Waals surface area contributed by atoms with E-state index in [0.29, 0.717) is 5.75 Å². The van der Waals surface area contributed by atoms with Gasteiger partial charge in [-0.1, -0.05) is 57.2 Å². The quantitative estimate of drug-likeness (QED) is 0.427. The lowest BCUT2D eigenvalue weighted by molar-refractivity contribution is 0.413. The first-order valence-electron chi connectivity index (χ1n) is 11.8. The van der Waals surface area contributed by atoms with Crippen LogP contribution in [0.2, 0.25) is 0 Å². The Morgan fingerprint density at radius 3 is 2.38 bits per heavy atom. The van der Waals surface area contributed by atoms with E-state index in [1.54, 1.807) is 13.2 Å². The number of halogens is 1. The van der Waals surface area contributed by atoms with Gasteiger partial charge in [0.25, 0.3) is 0 Å². The zero-order chi connectivity index (χ0) is 24.8. The van der Waals surface area contributed by atoms with Gasteiger partial charge in [-0.15, -0.1) is 0 Å². The van der Waals surface area contributed by atoms with E-state index in [-0.39, 0.29) is 22.8 Å². The van der Waals surface area contributed by atoms with Crippen LogP contribution >= 0.6 is 0 Å². The third-order valence-electron chi connectivity index (χ3n) is 6.55. The molecule has 4 heteroatoms. The Kier molecular flexibility index (Phi) is 6.07. The number of fused-ring (bicyclic) bond motifs is 1. The highest BCUT2D eigenvalue weighted by Gasteiger charge is 2.29. The first-order valence-corrected chi connectivity index (χ1v) is 11.8. The number of nitrogens with two attached hydrogens (primary N) is 1. The highest BCUT2D eigenvalue weighted by atomic mass is 19.1. The fraction of sp³-hybridized carbons (Fsp3) is 0.333. The van der Waals surface area contributed by atoms with Crippen molar-refractivity contribution in [1.29, 1.82) is 0 Å². The Balaban J connectivity index is 2.00. The normalized spacial score (nSPS) is 15.7. The van der Waals surface area contributed by atoms with Crippen molar-refractivity contribution in [1.82, 2.24) is 0 Å². The molecule has 34 heavy (non-hydrogen) atoms. The molecule has 0 aromatic heterocycles. The lowest BCUT2D eigenvalue weighted by Gasteiger charge is -2.35. The van der Waals surface area contributed by atoms with Crippen molar-refractivity contribution in [2.24, 2.45) is 5.73 Å². The fourth-order valence-corrected chi connectivity index (χ4v) is 4.96. The van der Waals surface area contributed by atoms with Gasteiger partial charge in [-0.05, 0) is 72.2 Å². The molecule has 1 heterocycles. The summed E-state index contributed by atoms with van der Waals surface area (Å²) in [5.41, 5.74) is 15.3. The van der Waals surface area contributed by atoms with E-state index in [4.69, 9.17) is 10.5 Å². The average molecular weight is 459 g/mol. The molecule has 3 nitrogen and oxygen atoms in total. The second kappa shape index (κ2) is 8.59. The van der Waals surface area contributed by atoms with Gasteiger partial charge in [0.05, 0.1) is 18.7 Å². The predicted octanol–water partition coefficient (Wildman–Crippen LogP) is 7.45. The molecule has 1 aliphatic rings. The summed E-state index contributed by atoms with van der Waals surface area (Å²) in [6.07, 6.45) is 2.24. The first-order chi connectivity index (χ1) is 15.9. The summed E-state index contributed by atoms with van der Waals surface area (Å²) in [6, 6.07) is 17.0. The summed E-state index contributed by atoms with van der Waals surface area (Å²) in [6.45, 7) is 13.1. The van der Waals surface area contributed by atoms with Gasteiger partial charge in [-0.25, -0.2) is 4.39 Å². The van der Waals surface area contributed by atoms with Gasteiger partial charge >= 0.3 is 0 Å². The molecule has 0 spiro atoms. The smallest absolute Gasteiger partial charge is 0.129 e. The molecule has 1 atom stereocenters. The molecule has 0 amide bonds. The fourth-order valence-electron chi connectivity index (χ4n) is 4.96. The van der Waals surface area contributed by atoms with Crippen LogP contribution in [0.1, 0.15) is 69.8 Å². The van der Waals surface area contributed by atoms with Crippen LogP contribution in [-0.2, 0) is 5.41 Å². The van der Waals surface area contributed by atoms with Crippen LogP contribution in [-0.4, -0.2) is 12.6 Å². The molecular formula is C30H35FN2O. The van der Waals surface area contributed by atoms with E-state index >= 15 is 0 Å². The number of hydrogen-bond donors (Lipinski definition) is 2. The molecule has 4 rings (SSSR count). The van der Waals surface area contributed by atoms with Crippen molar-refractivity contribution in [3.05, 3.63) is 88.7 Å². The second-order valence-electron chi connectivity index (χ2n) is 10.8. The van der Waals surface area contributed by atoms with E-state index < -0.39 is 0 Å². The van der Waals surface area contributed by atoms with E-state index in [1.807, 2.05) is 0 Å². The number of anilines is 1. The lowest BCUT2D eigenvalue weighted by atomic mass is 9.80. The topological polar surface area (TPSA) is 47.3 Å². The zero-order valence-electron chi connectivity index (χ0n) is 21.2. The van der Waals surface area contributed by atoms with Gasteiger partial charge in [0.15, 0.2) is 0 Å². The zero-order valence-corrected chi connectivity index (χ0v) is 21.2. The van der Waals surface area contributed by atoms with E-state index in [2.05, 4.69) is 89.3 Å². The van der Waals surface area contributed by atoms with Crippen LogP contribution < -0.4 is 15.8 Å². The van der Waals surface area contributed by atoms with Crippen molar-refractivity contribution < 1.29 is 9.13 Å². The van der Waals surface area contributed by atoms with Crippen molar-refractivity contribution in [2.45, 2.75) is 58.5 Å². The third kappa shape index (κ3) is 4.47. The predicted molar refractivity (Wildman–Crippen MR) is 141 cm³/mol. The minimum atomic E-state index is -0.381. The SMILES string of the molecule is COc1cc(F)ccc1-c1ccc2c(c1C(N)c1cccc(C(C)(C)C)c1)C(C)=CC(C)(C)N2. The number of ether oxygens (including phenoxy) is 1. The highest BCUT2D eigenvalue weighted by molar-refractivity contribution is 5.89. The average Bonchev–Trinajstić information content (AvgIpc) is 2.76. The molecular weight excluding hydrogens is 423 g/mol. The number of benzene rings is 3. The first kappa shape index (κ1) is 24.0.